The number of allylic oxidation sites excluding steroid dienone is 4. The van der Waals surface area contributed by atoms with E-state index in [2.05, 4.69) is 4.98 Å². The molecule has 0 spiro atoms. The van der Waals surface area contributed by atoms with Crippen LogP contribution in [0.15, 0.2) is 36.3 Å². The van der Waals surface area contributed by atoms with Gasteiger partial charge in [-0.3, -0.25) is 4.79 Å². The molecule has 14 heavy (non-hydrogen) atoms. The lowest BCUT2D eigenvalue weighted by atomic mass is 10.2. The molecule has 3 heteroatoms. The minimum atomic E-state index is 0.605. The molecule has 1 aromatic rings. The quantitative estimate of drug-likeness (QED) is 0.539. The fourth-order valence-electron chi connectivity index (χ4n) is 1.21. The van der Waals surface area contributed by atoms with Gasteiger partial charge in [-0.2, -0.15) is 0 Å². The third kappa shape index (κ3) is 2.42. The molecule has 1 rings (SSSR count). The van der Waals surface area contributed by atoms with Gasteiger partial charge >= 0.3 is 0 Å². The van der Waals surface area contributed by atoms with Crippen LogP contribution in [0.4, 0.5) is 0 Å². The van der Waals surface area contributed by atoms with Gasteiger partial charge < -0.3 is 4.57 Å². The van der Waals surface area contributed by atoms with Crippen LogP contribution in [0.1, 0.15) is 24.3 Å². The maximum Gasteiger partial charge on any atom is 0.168 e. The van der Waals surface area contributed by atoms with Crippen molar-refractivity contribution >= 4 is 6.29 Å². The average molecular weight is 190 g/mol. The topological polar surface area (TPSA) is 34.9 Å². The van der Waals surface area contributed by atoms with Crippen LogP contribution in [0.2, 0.25) is 0 Å². The van der Waals surface area contributed by atoms with Crippen molar-refractivity contribution in [1.82, 2.24) is 9.55 Å². The van der Waals surface area contributed by atoms with Crippen LogP contribution < -0.4 is 0 Å². The number of carbonyl (C=O) groups excluding carboxylic acids is 1. The molecular formula is C11H14N2O. The Hall–Kier alpha value is -1.64. The second-order valence-corrected chi connectivity index (χ2v) is 2.93. The molecule has 74 valence electrons. The molecule has 0 N–H and O–H groups in total. The van der Waals surface area contributed by atoms with Gasteiger partial charge in [0.2, 0.25) is 0 Å². The molecular weight excluding hydrogens is 176 g/mol. The highest BCUT2D eigenvalue weighted by atomic mass is 16.1. The minimum absolute atomic E-state index is 0.605. The molecule has 0 saturated heterocycles. The molecule has 1 aromatic heterocycles. The molecule has 0 aliphatic heterocycles. The van der Waals surface area contributed by atoms with Gasteiger partial charge in [-0.1, -0.05) is 18.2 Å². The van der Waals surface area contributed by atoms with Crippen LogP contribution in [-0.2, 0) is 6.54 Å². The van der Waals surface area contributed by atoms with Gasteiger partial charge in [-0.25, -0.2) is 4.98 Å². The normalized spacial score (nSPS) is 12.3. The molecule has 0 unspecified atom stereocenters. The summed E-state index contributed by atoms with van der Waals surface area (Å²) in [7, 11) is 0. The Morgan fingerprint density at radius 3 is 2.93 bits per heavy atom. The maximum absolute atomic E-state index is 10.6. The first kappa shape index (κ1) is 10.4. The first-order valence-corrected chi connectivity index (χ1v) is 4.55. The summed E-state index contributed by atoms with van der Waals surface area (Å²) in [5.74, 6) is 0. The van der Waals surface area contributed by atoms with E-state index >= 15 is 0 Å². The summed E-state index contributed by atoms with van der Waals surface area (Å²) in [4.78, 5) is 14.5. The van der Waals surface area contributed by atoms with Crippen LogP contribution in [0.25, 0.3) is 0 Å². The van der Waals surface area contributed by atoms with Crippen LogP contribution in [0.3, 0.4) is 0 Å². The van der Waals surface area contributed by atoms with Gasteiger partial charge in [-0.15, -0.1) is 0 Å². The molecule has 3 nitrogen and oxygen atoms in total. The Labute approximate surface area is 83.8 Å². The summed E-state index contributed by atoms with van der Waals surface area (Å²) >= 11 is 0. The molecule has 0 aliphatic carbocycles. The Bertz CT molecular complexity index is 361. The third-order valence-corrected chi connectivity index (χ3v) is 1.97. The van der Waals surface area contributed by atoms with Crippen molar-refractivity contribution in [2.45, 2.75) is 20.4 Å². The Morgan fingerprint density at radius 1 is 1.57 bits per heavy atom. The zero-order valence-corrected chi connectivity index (χ0v) is 8.47. The standard InChI is InChI=1S/C11H14N2O/c1-3-5-10(4-2)7-13-9-12-6-11(13)8-14/h3-6,8-9H,7H2,1-2H3/b5-3-,10-4+. The van der Waals surface area contributed by atoms with Crippen molar-refractivity contribution in [3.8, 4) is 0 Å². The number of aromatic nitrogens is 2. The molecule has 0 atom stereocenters. The van der Waals surface area contributed by atoms with E-state index in [4.69, 9.17) is 0 Å². The molecule has 0 bridgehead atoms. The lowest BCUT2D eigenvalue weighted by Crippen LogP contribution is -2.02. The van der Waals surface area contributed by atoms with E-state index in [0.29, 0.717) is 12.2 Å². The van der Waals surface area contributed by atoms with Crippen molar-refractivity contribution in [3.05, 3.63) is 42.0 Å². The van der Waals surface area contributed by atoms with Crippen molar-refractivity contribution in [2.75, 3.05) is 0 Å². The third-order valence-electron chi connectivity index (χ3n) is 1.97. The summed E-state index contributed by atoms with van der Waals surface area (Å²) in [5.41, 5.74) is 1.77. The summed E-state index contributed by atoms with van der Waals surface area (Å²) < 4.78 is 1.82. The number of imidazole rings is 1. The van der Waals surface area contributed by atoms with E-state index in [1.807, 2.05) is 36.6 Å². The monoisotopic (exact) mass is 190 g/mol. The second-order valence-electron chi connectivity index (χ2n) is 2.93. The predicted octanol–water partition coefficient (Wildman–Crippen LogP) is 2.22. The van der Waals surface area contributed by atoms with Gasteiger partial charge in [0.05, 0.1) is 12.5 Å². The fourth-order valence-corrected chi connectivity index (χ4v) is 1.21. The van der Waals surface area contributed by atoms with Crippen molar-refractivity contribution in [2.24, 2.45) is 0 Å². The zero-order chi connectivity index (χ0) is 10.4. The maximum atomic E-state index is 10.6. The SMILES string of the molecule is C/C=C\C(=C/C)Cn1cncc1C=O. The zero-order valence-electron chi connectivity index (χ0n) is 8.47. The van der Waals surface area contributed by atoms with Crippen LogP contribution in [0.5, 0.6) is 0 Å². The van der Waals surface area contributed by atoms with Crippen LogP contribution >= 0.6 is 0 Å². The van der Waals surface area contributed by atoms with Gasteiger partial charge in [-0.05, 0) is 19.4 Å². The molecule has 0 radical (unpaired) electrons. The van der Waals surface area contributed by atoms with E-state index in [-0.39, 0.29) is 0 Å². The Morgan fingerprint density at radius 2 is 2.36 bits per heavy atom. The lowest BCUT2D eigenvalue weighted by Gasteiger charge is -2.04. The average Bonchev–Trinajstić information content (AvgIpc) is 2.64. The smallest absolute Gasteiger partial charge is 0.168 e. The number of nitrogens with zero attached hydrogens (tertiary/aromatic N) is 2. The fraction of sp³-hybridized carbons (Fsp3) is 0.273. The van der Waals surface area contributed by atoms with Gasteiger partial charge in [0.25, 0.3) is 0 Å². The number of aldehydes is 1. The van der Waals surface area contributed by atoms with Gasteiger partial charge in [0, 0.05) is 6.54 Å². The highest BCUT2D eigenvalue weighted by Crippen LogP contribution is 2.04. The number of hydrogen-bond acceptors (Lipinski definition) is 2. The highest BCUT2D eigenvalue weighted by Gasteiger charge is 2.00. The summed E-state index contributed by atoms with van der Waals surface area (Å²) in [6, 6.07) is 0. The van der Waals surface area contributed by atoms with Crippen molar-refractivity contribution in [3.63, 3.8) is 0 Å². The summed E-state index contributed by atoms with van der Waals surface area (Å²) in [6.45, 7) is 4.64. The molecule has 0 aliphatic rings. The van der Waals surface area contributed by atoms with Gasteiger partial charge in [0.1, 0.15) is 5.69 Å². The Balaban J connectivity index is 2.82. The summed E-state index contributed by atoms with van der Waals surface area (Å²) in [6.07, 6.45) is 10.1. The van der Waals surface area contributed by atoms with E-state index in [0.717, 1.165) is 11.9 Å². The second kappa shape index (κ2) is 5.17. The van der Waals surface area contributed by atoms with E-state index < -0.39 is 0 Å². The minimum Gasteiger partial charge on any atom is -0.324 e. The summed E-state index contributed by atoms with van der Waals surface area (Å²) in [5, 5.41) is 0. The molecule has 0 saturated carbocycles. The lowest BCUT2D eigenvalue weighted by molar-refractivity contribution is 0.111. The van der Waals surface area contributed by atoms with Crippen molar-refractivity contribution in [1.29, 1.82) is 0 Å². The van der Waals surface area contributed by atoms with E-state index in [1.165, 1.54) is 0 Å². The highest BCUT2D eigenvalue weighted by molar-refractivity contribution is 5.71. The molecule has 1 heterocycles. The van der Waals surface area contributed by atoms with E-state index in [9.17, 15) is 4.79 Å². The largest absolute Gasteiger partial charge is 0.324 e. The predicted molar refractivity (Wildman–Crippen MR) is 56.2 cm³/mol. The van der Waals surface area contributed by atoms with Crippen LogP contribution in [-0.4, -0.2) is 15.8 Å². The first-order chi connectivity index (χ1) is 6.81. The Kier molecular flexibility index (Phi) is 3.85. The van der Waals surface area contributed by atoms with Crippen molar-refractivity contribution < 1.29 is 4.79 Å². The number of hydrogen-bond donors (Lipinski definition) is 0. The first-order valence-electron chi connectivity index (χ1n) is 4.55. The molecule has 0 amide bonds. The molecule has 0 aromatic carbocycles. The molecule has 0 fully saturated rings. The number of rotatable bonds is 4. The number of carbonyl (C=O) groups is 1. The van der Waals surface area contributed by atoms with Crippen LogP contribution in [0, 0.1) is 0 Å². The van der Waals surface area contributed by atoms with E-state index in [1.54, 1.807) is 12.5 Å². The van der Waals surface area contributed by atoms with Gasteiger partial charge in [0.15, 0.2) is 6.29 Å².